The minimum atomic E-state index is -4.21. The van der Waals surface area contributed by atoms with E-state index >= 15 is 0 Å². The van der Waals surface area contributed by atoms with Crippen molar-refractivity contribution in [3.63, 3.8) is 0 Å². The van der Waals surface area contributed by atoms with E-state index in [9.17, 15) is 32.4 Å². The van der Waals surface area contributed by atoms with Crippen molar-refractivity contribution in [3.05, 3.63) is 65.6 Å². The summed E-state index contributed by atoms with van der Waals surface area (Å²) in [6, 6.07) is 8.12. The minimum absolute atomic E-state index is 0.0686. The molecule has 5 rings (SSSR count). The number of alkyl carbamates (subject to hydrolysis) is 1. The number of sulfonamides is 1. The highest BCUT2D eigenvalue weighted by atomic mass is 32.2. The van der Waals surface area contributed by atoms with Gasteiger partial charge in [-0.1, -0.05) is 57.2 Å². The number of fused-ring (bicyclic) bond motifs is 1. The van der Waals surface area contributed by atoms with E-state index in [1.54, 1.807) is 46.9 Å². The van der Waals surface area contributed by atoms with Crippen molar-refractivity contribution < 1.29 is 41.9 Å². The number of amides is 4. The van der Waals surface area contributed by atoms with E-state index in [2.05, 4.69) is 21.9 Å². The number of aryl methyl sites for hydroxylation is 1. The molecule has 2 fully saturated rings. The van der Waals surface area contributed by atoms with Crippen molar-refractivity contribution in [3.8, 4) is 0 Å². The van der Waals surface area contributed by atoms with Crippen LogP contribution in [0, 0.1) is 11.3 Å². The molecule has 2 heterocycles. The number of benzene rings is 1. The maximum absolute atomic E-state index is 14.4. The Kier molecular flexibility index (Phi) is 10.5. The summed E-state index contributed by atoms with van der Waals surface area (Å²) < 4.78 is 39.3. The summed E-state index contributed by atoms with van der Waals surface area (Å²) >= 11 is 0.934. The molecule has 1 aromatic heterocycles. The SMILES string of the molecule is C=CC1CC1(NC(=O)C1CC(OC(=O)C2CCc3ccccc32)CN1C(=O)C(NC(=O)OC(C)(C)C)C(C)(C)C)C(=O)NS(=O)(=O)c1cccs1. The summed E-state index contributed by atoms with van der Waals surface area (Å²) in [6.45, 7) is 13.9. The van der Waals surface area contributed by atoms with Gasteiger partial charge >= 0.3 is 12.1 Å². The molecule has 15 heteroatoms. The van der Waals surface area contributed by atoms with E-state index < -0.39 is 86.4 Å². The quantitative estimate of drug-likeness (QED) is 0.242. The fourth-order valence-electron chi connectivity index (χ4n) is 6.68. The second-order valence-corrected chi connectivity index (χ2v) is 18.3. The van der Waals surface area contributed by atoms with Crippen LogP contribution < -0.4 is 15.4 Å². The van der Waals surface area contributed by atoms with Gasteiger partial charge in [0.25, 0.3) is 15.9 Å². The molecule has 0 radical (unpaired) electrons. The lowest BCUT2D eigenvalue weighted by molar-refractivity contribution is -0.151. The average Bonchev–Trinajstić information content (AvgIpc) is 3.47. The zero-order valence-corrected chi connectivity index (χ0v) is 31.3. The van der Waals surface area contributed by atoms with Gasteiger partial charge in [0.2, 0.25) is 11.8 Å². The van der Waals surface area contributed by atoms with Crippen LogP contribution in [0.4, 0.5) is 4.79 Å². The highest BCUT2D eigenvalue weighted by Gasteiger charge is 2.61. The predicted octanol–water partition coefficient (Wildman–Crippen LogP) is 3.80. The Balaban J connectivity index is 1.40. The number of likely N-dealkylation sites (tertiary alicyclic amines) is 1. The third-order valence-corrected chi connectivity index (χ3v) is 12.1. The molecule has 1 saturated carbocycles. The second-order valence-electron chi connectivity index (χ2n) is 15.4. The standard InChI is InChI=1S/C36H46N4O9S2/c1-8-22-19-36(22,32(44)39-51(46,47)27-14-11-17-50-27)38-29(41)26-18-23(48-31(43)25-16-15-21-12-9-10-13-24(21)25)20-40(26)30(42)28(34(2,3)4)37-33(45)49-35(5,6)7/h8-14,17,22-23,25-26,28H,1,15-16,18-20H2,2-7H3,(H,37,45)(H,38,41)(H,39,44). The third-order valence-electron chi connectivity index (χ3n) is 9.36. The summed E-state index contributed by atoms with van der Waals surface area (Å²) in [6.07, 6.45) is 1.03. The van der Waals surface area contributed by atoms with Crippen LogP contribution in [-0.2, 0) is 45.1 Å². The van der Waals surface area contributed by atoms with Gasteiger partial charge in [-0.15, -0.1) is 17.9 Å². The van der Waals surface area contributed by atoms with E-state index in [4.69, 9.17) is 9.47 Å². The fraction of sp³-hybridized carbons (Fsp3) is 0.528. The Labute approximate surface area is 302 Å². The molecule has 2 aliphatic carbocycles. The number of nitrogens with one attached hydrogen (secondary N) is 3. The number of carbonyl (C=O) groups excluding carboxylic acids is 5. The molecular formula is C36H46N4O9S2. The van der Waals surface area contributed by atoms with E-state index in [1.165, 1.54) is 23.1 Å². The largest absolute Gasteiger partial charge is 0.460 e. The molecule has 51 heavy (non-hydrogen) atoms. The van der Waals surface area contributed by atoms with Crippen LogP contribution in [0.25, 0.3) is 0 Å². The van der Waals surface area contributed by atoms with E-state index in [0.29, 0.717) is 6.42 Å². The highest BCUT2D eigenvalue weighted by Crippen LogP contribution is 2.45. The first-order valence-corrected chi connectivity index (χ1v) is 19.3. The lowest BCUT2D eigenvalue weighted by Gasteiger charge is -2.36. The van der Waals surface area contributed by atoms with Crippen LogP contribution in [0.5, 0.6) is 0 Å². The molecule has 4 amide bonds. The van der Waals surface area contributed by atoms with Crippen molar-refractivity contribution in [2.24, 2.45) is 11.3 Å². The van der Waals surface area contributed by atoms with Crippen molar-refractivity contribution in [2.45, 2.75) is 107 Å². The zero-order chi connectivity index (χ0) is 37.5. The molecular weight excluding hydrogens is 697 g/mol. The van der Waals surface area contributed by atoms with Gasteiger partial charge in [0.15, 0.2) is 0 Å². The Morgan fingerprint density at radius 2 is 1.76 bits per heavy atom. The number of nitrogens with zero attached hydrogens (tertiary/aromatic N) is 1. The summed E-state index contributed by atoms with van der Waals surface area (Å²) in [5.74, 6) is -3.85. The van der Waals surface area contributed by atoms with Crippen LogP contribution in [0.1, 0.15) is 77.8 Å². The summed E-state index contributed by atoms with van der Waals surface area (Å²) in [7, 11) is -4.21. The van der Waals surface area contributed by atoms with E-state index in [-0.39, 0.29) is 23.6 Å². The number of thiophene rings is 1. The van der Waals surface area contributed by atoms with Crippen LogP contribution in [-0.4, -0.2) is 79.0 Å². The third kappa shape index (κ3) is 8.30. The molecule has 1 saturated heterocycles. The number of ether oxygens (including phenoxy) is 2. The highest BCUT2D eigenvalue weighted by molar-refractivity contribution is 7.92. The van der Waals surface area contributed by atoms with Gasteiger partial charge in [0.1, 0.15) is 33.5 Å². The average molecular weight is 743 g/mol. The van der Waals surface area contributed by atoms with Crippen molar-refractivity contribution >= 4 is 51.1 Å². The molecule has 6 atom stereocenters. The van der Waals surface area contributed by atoms with Gasteiger partial charge in [0, 0.05) is 12.3 Å². The maximum atomic E-state index is 14.4. The van der Waals surface area contributed by atoms with Crippen LogP contribution >= 0.6 is 11.3 Å². The van der Waals surface area contributed by atoms with Gasteiger partial charge < -0.3 is 25.0 Å². The summed E-state index contributed by atoms with van der Waals surface area (Å²) in [5.41, 5.74) is -1.39. The number of rotatable bonds is 10. The van der Waals surface area contributed by atoms with E-state index in [0.717, 1.165) is 28.9 Å². The molecule has 0 bridgehead atoms. The molecule has 1 aliphatic heterocycles. The first-order chi connectivity index (χ1) is 23.8. The van der Waals surface area contributed by atoms with Crippen molar-refractivity contribution in [1.29, 1.82) is 0 Å². The number of hydrogen-bond donors (Lipinski definition) is 3. The van der Waals surface area contributed by atoms with Crippen LogP contribution in [0.15, 0.2) is 58.6 Å². The van der Waals surface area contributed by atoms with Crippen molar-refractivity contribution in [2.75, 3.05) is 6.54 Å². The Bertz CT molecular complexity index is 1810. The molecule has 276 valence electrons. The lowest BCUT2D eigenvalue weighted by atomic mass is 9.85. The predicted molar refractivity (Wildman–Crippen MR) is 189 cm³/mol. The second kappa shape index (κ2) is 14.1. The molecule has 13 nitrogen and oxygen atoms in total. The first kappa shape index (κ1) is 38.0. The summed E-state index contributed by atoms with van der Waals surface area (Å²) in [4.78, 5) is 69.8. The number of esters is 1. The monoisotopic (exact) mass is 742 g/mol. The number of carbonyl (C=O) groups is 5. The normalized spacial score (nSPS) is 24.9. The molecule has 6 unspecified atom stereocenters. The Morgan fingerprint density at radius 1 is 1.06 bits per heavy atom. The number of hydrogen-bond acceptors (Lipinski definition) is 10. The minimum Gasteiger partial charge on any atom is -0.460 e. The maximum Gasteiger partial charge on any atom is 0.408 e. The van der Waals surface area contributed by atoms with Crippen LogP contribution in [0.3, 0.4) is 0 Å². The topological polar surface area (TPSA) is 177 Å². The van der Waals surface area contributed by atoms with Gasteiger partial charge in [-0.3, -0.25) is 19.2 Å². The Morgan fingerprint density at radius 3 is 2.37 bits per heavy atom. The zero-order valence-electron chi connectivity index (χ0n) is 29.7. The molecule has 3 aliphatic rings. The van der Waals surface area contributed by atoms with Gasteiger partial charge in [-0.05, 0) is 68.0 Å². The van der Waals surface area contributed by atoms with Crippen LogP contribution in [0.2, 0.25) is 0 Å². The van der Waals surface area contributed by atoms with Gasteiger partial charge in [-0.25, -0.2) is 17.9 Å². The fourth-order valence-corrected chi connectivity index (χ4v) is 8.71. The van der Waals surface area contributed by atoms with Gasteiger partial charge in [0.05, 0.1) is 12.5 Å². The molecule has 1 aromatic carbocycles. The van der Waals surface area contributed by atoms with E-state index in [1.807, 2.05) is 24.3 Å². The first-order valence-electron chi connectivity index (χ1n) is 16.9. The van der Waals surface area contributed by atoms with Gasteiger partial charge in [-0.2, -0.15) is 0 Å². The molecule has 2 aromatic rings. The van der Waals surface area contributed by atoms with Crippen molar-refractivity contribution in [1.82, 2.24) is 20.3 Å². The smallest absolute Gasteiger partial charge is 0.408 e. The summed E-state index contributed by atoms with van der Waals surface area (Å²) in [5, 5.41) is 6.94. The lowest BCUT2D eigenvalue weighted by Crippen LogP contribution is -2.60. The molecule has 0 spiro atoms. The Hall–Kier alpha value is -4.24. The molecule has 3 N–H and O–H groups in total.